The van der Waals surface area contributed by atoms with E-state index in [1.165, 1.54) is 18.2 Å². The van der Waals surface area contributed by atoms with E-state index in [2.05, 4.69) is 15.9 Å². The fourth-order valence-electron chi connectivity index (χ4n) is 1.87. The Kier molecular flexibility index (Phi) is 5.06. The number of hydrogen-bond acceptors (Lipinski definition) is 1. The first-order chi connectivity index (χ1) is 9.88. The lowest BCUT2D eigenvalue weighted by molar-refractivity contribution is -0.117. The maximum absolute atomic E-state index is 13.8. The summed E-state index contributed by atoms with van der Waals surface area (Å²) in [7, 11) is 0. The Morgan fingerprint density at radius 1 is 1.10 bits per heavy atom. The van der Waals surface area contributed by atoms with Crippen molar-refractivity contribution in [3.63, 3.8) is 0 Å². The van der Waals surface area contributed by atoms with Crippen molar-refractivity contribution < 1.29 is 18.0 Å². The van der Waals surface area contributed by atoms with Crippen molar-refractivity contribution in [1.29, 1.82) is 0 Å². The Morgan fingerprint density at radius 3 is 2.48 bits per heavy atom. The fourth-order valence-corrected chi connectivity index (χ4v) is 2.47. The highest BCUT2D eigenvalue weighted by Gasteiger charge is 2.17. The van der Waals surface area contributed by atoms with Crippen molar-refractivity contribution in [3.8, 4) is 0 Å². The average molecular weight is 378 g/mol. The highest BCUT2D eigenvalue weighted by Crippen LogP contribution is 2.23. The molecule has 0 amide bonds. The third kappa shape index (κ3) is 3.86. The van der Waals surface area contributed by atoms with Crippen LogP contribution in [0.25, 0.3) is 0 Å². The Labute approximate surface area is 132 Å². The third-order valence-electron chi connectivity index (χ3n) is 2.92. The molecule has 1 nitrogen and oxygen atoms in total. The molecule has 2 aromatic carbocycles. The molecular formula is C15H9BrClF3O. The number of halogens is 5. The lowest BCUT2D eigenvalue weighted by Gasteiger charge is -2.07. The molecule has 0 radical (unpaired) electrons. The number of Topliss-reactive ketones (excluding diaryl/α,β-unsaturated/α-hetero) is 1. The molecule has 0 saturated carbocycles. The third-order valence-corrected chi connectivity index (χ3v) is 3.88. The van der Waals surface area contributed by atoms with Gasteiger partial charge in [-0.05, 0) is 45.8 Å². The van der Waals surface area contributed by atoms with E-state index < -0.39 is 29.7 Å². The summed E-state index contributed by atoms with van der Waals surface area (Å²) in [6.07, 6.45) is -0.519. The van der Waals surface area contributed by atoms with Crippen molar-refractivity contribution in [2.24, 2.45) is 0 Å². The Bertz CT molecular complexity index is 704. The molecule has 21 heavy (non-hydrogen) atoms. The van der Waals surface area contributed by atoms with Gasteiger partial charge in [-0.25, -0.2) is 13.2 Å². The van der Waals surface area contributed by atoms with Gasteiger partial charge in [0.05, 0.1) is 4.47 Å². The molecule has 0 aliphatic heterocycles. The summed E-state index contributed by atoms with van der Waals surface area (Å²) in [5.74, 6) is -2.51. The molecule has 0 N–H and O–H groups in total. The second-order valence-electron chi connectivity index (χ2n) is 4.45. The molecular weight excluding hydrogens is 369 g/mol. The Morgan fingerprint density at radius 2 is 1.81 bits per heavy atom. The molecule has 0 aliphatic rings. The molecule has 6 heteroatoms. The van der Waals surface area contributed by atoms with Crippen LogP contribution in [0.2, 0.25) is 5.02 Å². The first-order valence-electron chi connectivity index (χ1n) is 5.96. The van der Waals surface area contributed by atoms with Crippen LogP contribution in [0.5, 0.6) is 0 Å². The van der Waals surface area contributed by atoms with E-state index in [4.69, 9.17) is 11.6 Å². The van der Waals surface area contributed by atoms with Crippen LogP contribution in [0.3, 0.4) is 0 Å². The number of ketones is 1. The zero-order valence-electron chi connectivity index (χ0n) is 10.6. The van der Waals surface area contributed by atoms with Gasteiger partial charge in [-0.3, -0.25) is 4.79 Å². The van der Waals surface area contributed by atoms with Gasteiger partial charge < -0.3 is 0 Å². The van der Waals surface area contributed by atoms with Gasteiger partial charge in [0.1, 0.15) is 23.2 Å². The molecule has 0 aliphatic carbocycles. The SMILES string of the molecule is O=C(Cc1ccc(F)cc1Cl)Cc1c(F)ccc(Br)c1F. The predicted molar refractivity (Wildman–Crippen MR) is 77.9 cm³/mol. The van der Waals surface area contributed by atoms with E-state index in [1.54, 1.807) is 0 Å². The normalized spacial score (nSPS) is 10.7. The molecule has 0 fully saturated rings. The highest BCUT2D eigenvalue weighted by atomic mass is 79.9. The summed E-state index contributed by atoms with van der Waals surface area (Å²) in [6.45, 7) is 0. The van der Waals surface area contributed by atoms with Crippen LogP contribution in [-0.2, 0) is 17.6 Å². The summed E-state index contributed by atoms with van der Waals surface area (Å²) in [4.78, 5) is 11.9. The van der Waals surface area contributed by atoms with Crippen molar-refractivity contribution in [2.45, 2.75) is 12.8 Å². The fraction of sp³-hybridized carbons (Fsp3) is 0.133. The van der Waals surface area contributed by atoms with Gasteiger partial charge in [-0.1, -0.05) is 17.7 Å². The summed E-state index contributed by atoms with van der Waals surface area (Å²) < 4.78 is 40.3. The zero-order chi connectivity index (χ0) is 15.6. The number of carbonyl (C=O) groups excluding carboxylic acids is 1. The standard InChI is InChI=1S/C15H9BrClF3O/c16-12-3-4-14(19)11(15(12)20)7-10(21)5-8-1-2-9(18)6-13(8)17/h1-4,6H,5,7H2. The molecule has 2 aromatic rings. The van der Waals surface area contributed by atoms with Crippen LogP contribution in [0.1, 0.15) is 11.1 Å². The van der Waals surface area contributed by atoms with Crippen molar-refractivity contribution in [1.82, 2.24) is 0 Å². The summed E-state index contributed by atoms with van der Waals surface area (Å²) in [5, 5.41) is 0.110. The second kappa shape index (κ2) is 6.62. The van der Waals surface area contributed by atoms with E-state index in [1.807, 2.05) is 0 Å². The second-order valence-corrected chi connectivity index (χ2v) is 5.71. The van der Waals surface area contributed by atoms with E-state index in [0.29, 0.717) is 5.56 Å². The monoisotopic (exact) mass is 376 g/mol. The zero-order valence-corrected chi connectivity index (χ0v) is 12.9. The molecule has 110 valence electrons. The van der Waals surface area contributed by atoms with E-state index in [9.17, 15) is 18.0 Å². The molecule has 0 saturated heterocycles. The Hall–Kier alpha value is -1.33. The first-order valence-corrected chi connectivity index (χ1v) is 7.13. The van der Waals surface area contributed by atoms with Crippen LogP contribution in [0.4, 0.5) is 13.2 Å². The van der Waals surface area contributed by atoms with Crippen LogP contribution in [0.15, 0.2) is 34.8 Å². The minimum atomic E-state index is -0.798. The molecule has 2 rings (SSSR count). The predicted octanol–water partition coefficient (Wildman–Crippen LogP) is 4.87. The van der Waals surface area contributed by atoms with Gasteiger partial charge in [0, 0.05) is 23.4 Å². The minimum Gasteiger partial charge on any atom is -0.299 e. The lowest BCUT2D eigenvalue weighted by atomic mass is 10.0. The number of benzene rings is 2. The largest absolute Gasteiger partial charge is 0.299 e. The van der Waals surface area contributed by atoms with Gasteiger partial charge in [-0.2, -0.15) is 0 Å². The molecule has 0 bridgehead atoms. The number of carbonyl (C=O) groups is 1. The first kappa shape index (κ1) is 16.0. The topological polar surface area (TPSA) is 17.1 Å². The van der Waals surface area contributed by atoms with Gasteiger partial charge in [0.25, 0.3) is 0 Å². The molecule has 0 heterocycles. The van der Waals surface area contributed by atoms with E-state index >= 15 is 0 Å². The van der Waals surface area contributed by atoms with Crippen LogP contribution in [0, 0.1) is 17.5 Å². The summed E-state index contributed by atoms with van der Waals surface area (Å²) >= 11 is 8.76. The molecule has 0 unspecified atom stereocenters. The number of rotatable bonds is 4. The minimum absolute atomic E-state index is 0.0894. The molecule has 0 aromatic heterocycles. The number of hydrogen-bond donors (Lipinski definition) is 0. The average Bonchev–Trinajstić information content (AvgIpc) is 2.42. The Balaban J connectivity index is 2.17. The van der Waals surface area contributed by atoms with E-state index in [0.717, 1.165) is 12.1 Å². The maximum Gasteiger partial charge on any atom is 0.143 e. The lowest BCUT2D eigenvalue weighted by Crippen LogP contribution is -2.10. The van der Waals surface area contributed by atoms with Crippen molar-refractivity contribution in [2.75, 3.05) is 0 Å². The van der Waals surface area contributed by atoms with Crippen molar-refractivity contribution >= 4 is 33.3 Å². The van der Waals surface area contributed by atoms with Gasteiger partial charge in [0.2, 0.25) is 0 Å². The molecule has 0 atom stereocenters. The molecule has 0 spiro atoms. The summed E-state index contributed by atoms with van der Waals surface area (Å²) in [6, 6.07) is 5.96. The van der Waals surface area contributed by atoms with E-state index in [-0.39, 0.29) is 21.5 Å². The summed E-state index contributed by atoms with van der Waals surface area (Å²) in [5.41, 5.74) is 0.117. The van der Waals surface area contributed by atoms with Gasteiger partial charge in [0.15, 0.2) is 0 Å². The van der Waals surface area contributed by atoms with Gasteiger partial charge >= 0.3 is 0 Å². The van der Waals surface area contributed by atoms with Crippen molar-refractivity contribution in [3.05, 3.63) is 68.4 Å². The van der Waals surface area contributed by atoms with Crippen LogP contribution >= 0.6 is 27.5 Å². The van der Waals surface area contributed by atoms with Crippen LogP contribution in [-0.4, -0.2) is 5.78 Å². The quantitative estimate of drug-likeness (QED) is 0.695. The highest BCUT2D eigenvalue weighted by molar-refractivity contribution is 9.10. The van der Waals surface area contributed by atoms with Gasteiger partial charge in [-0.15, -0.1) is 0 Å². The van der Waals surface area contributed by atoms with Crippen LogP contribution < -0.4 is 0 Å². The maximum atomic E-state index is 13.8. The smallest absolute Gasteiger partial charge is 0.143 e.